The minimum atomic E-state index is -0.377. The van der Waals surface area contributed by atoms with E-state index in [-0.39, 0.29) is 17.8 Å². The van der Waals surface area contributed by atoms with Crippen molar-refractivity contribution < 1.29 is 9.59 Å². The average molecular weight is 461 g/mol. The molecule has 0 radical (unpaired) electrons. The lowest BCUT2D eigenvalue weighted by molar-refractivity contribution is -0.115. The minimum absolute atomic E-state index is 0.221. The molecule has 7 heteroatoms. The van der Waals surface area contributed by atoms with Crippen LogP contribution in [0.4, 0.5) is 5.69 Å². The SMILES string of the molecule is O=C1NC(=NNC(=O)c2ccc(Br)cc2)N(c2ccccc2)/C1=C/c1ccccc1. The number of halogens is 1. The molecule has 1 aliphatic rings. The second-order valence-electron chi connectivity index (χ2n) is 6.45. The Morgan fingerprint density at radius 1 is 0.933 bits per heavy atom. The first-order valence-electron chi connectivity index (χ1n) is 9.19. The van der Waals surface area contributed by atoms with Gasteiger partial charge in [-0.3, -0.25) is 19.8 Å². The zero-order chi connectivity index (χ0) is 20.9. The molecule has 3 aromatic carbocycles. The van der Waals surface area contributed by atoms with Gasteiger partial charge in [0.05, 0.1) is 0 Å². The van der Waals surface area contributed by atoms with E-state index in [1.165, 1.54) is 0 Å². The summed E-state index contributed by atoms with van der Waals surface area (Å²) in [6.07, 6.45) is 1.78. The van der Waals surface area contributed by atoms with Crippen LogP contribution < -0.4 is 15.6 Å². The monoisotopic (exact) mass is 460 g/mol. The number of carbonyl (C=O) groups excluding carboxylic acids is 2. The Hall–Kier alpha value is -3.71. The van der Waals surface area contributed by atoms with Crippen molar-refractivity contribution in [2.75, 3.05) is 4.90 Å². The van der Waals surface area contributed by atoms with Crippen molar-refractivity contribution >= 4 is 45.5 Å². The first kappa shape index (κ1) is 19.6. The van der Waals surface area contributed by atoms with Crippen LogP contribution in [0.5, 0.6) is 0 Å². The summed E-state index contributed by atoms with van der Waals surface area (Å²) in [5.41, 5.74) is 5.00. The molecule has 0 aromatic heterocycles. The maximum atomic E-state index is 12.7. The van der Waals surface area contributed by atoms with Crippen LogP contribution in [0.2, 0.25) is 0 Å². The van der Waals surface area contributed by atoms with Crippen molar-refractivity contribution in [3.63, 3.8) is 0 Å². The lowest BCUT2D eigenvalue weighted by Crippen LogP contribution is -2.33. The highest BCUT2D eigenvalue weighted by molar-refractivity contribution is 9.10. The van der Waals surface area contributed by atoms with Gasteiger partial charge < -0.3 is 0 Å². The number of amides is 2. The Morgan fingerprint density at radius 2 is 1.57 bits per heavy atom. The van der Waals surface area contributed by atoms with Crippen LogP contribution in [0, 0.1) is 0 Å². The molecule has 0 atom stereocenters. The van der Waals surface area contributed by atoms with Crippen LogP contribution in [0.3, 0.4) is 0 Å². The molecule has 148 valence electrons. The fourth-order valence-electron chi connectivity index (χ4n) is 2.96. The molecule has 1 heterocycles. The molecule has 6 nitrogen and oxygen atoms in total. The zero-order valence-corrected chi connectivity index (χ0v) is 17.3. The van der Waals surface area contributed by atoms with Gasteiger partial charge in [0, 0.05) is 15.7 Å². The van der Waals surface area contributed by atoms with Gasteiger partial charge in [0.2, 0.25) is 5.96 Å². The second kappa shape index (κ2) is 8.75. The summed E-state index contributed by atoms with van der Waals surface area (Å²) in [5, 5.41) is 6.92. The number of rotatable bonds is 4. The normalized spacial score (nSPS) is 16.0. The maximum Gasteiger partial charge on any atom is 0.275 e. The van der Waals surface area contributed by atoms with E-state index >= 15 is 0 Å². The first-order chi connectivity index (χ1) is 14.6. The molecule has 2 amide bonds. The number of carbonyl (C=O) groups is 2. The lowest BCUT2D eigenvalue weighted by Gasteiger charge is -2.18. The molecule has 0 saturated carbocycles. The van der Waals surface area contributed by atoms with Gasteiger partial charge in [-0.25, -0.2) is 5.43 Å². The predicted molar refractivity (Wildman–Crippen MR) is 121 cm³/mol. The van der Waals surface area contributed by atoms with Gasteiger partial charge in [0.1, 0.15) is 5.70 Å². The number of hydrogen-bond donors (Lipinski definition) is 2. The van der Waals surface area contributed by atoms with Crippen LogP contribution in [0.25, 0.3) is 6.08 Å². The predicted octanol–water partition coefficient (Wildman–Crippen LogP) is 4.13. The van der Waals surface area contributed by atoms with Gasteiger partial charge in [-0.2, -0.15) is 0 Å². The van der Waals surface area contributed by atoms with Crippen molar-refractivity contribution in [3.05, 3.63) is 106 Å². The molecule has 0 spiro atoms. The summed E-state index contributed by atoms with van der Waals surface area (Å²) in [5.74, 6) is -0.462. The standard InChI is InChI=1S/C23H17BrN4O2/c24-18-13-11-17(12-14-18)21(29)26-27-23-25-22(30)20(15-16-7-3-1-4-8-16)28(23)19-9-5-2-6-10-19/h1-15H,(H,26,29)(H,25,27,30)/b20-15+. The van der Waals surface area contributed by atoms with E-state index in [0.717, 1.165) is 15.7 Å². The largest absolute Gasteiger partial charge is 0.289 e. The first-order valence-corrected chi connectivity index (χ1v) is 9.98. The molecule has 3 aromatic rings. The van der Waals surface area contributed by atoms with Crippen LogP contribution in [-0.4, -0.2) is 17.8 Å². The quantitative estimate of drug-likeness (QED) is 0.454. The zero-order valence-electron chi connectivity index (χ0n) is 15.7. The van der Waals surface area contributed by atoms with E-state index in [9.17, 15) is 9.59 Å². The number of nitrogens with zero attached hydrogens (tertiary/aromatic N) is 2. The third-order valence-corrected chi connectivity index (χ3v) is 4.93. The highest BCUT2D eigenvalue weighted by Gasteiger charge is 2.33. The van der Waals surface area contributed by atoms with Crippen LogP contribution in [0.15, 0.2) is 100 Å². The molecular weight excluding hydrogens is 444 g/mol. The lowest BCUT2D eigenvalue weighted by atomic mass is 10.2. The van der Waals surface area contributed by atoms with E-state index < -0.39 is 0 Å². The fourth-order valence-corrected chi connectivity index (χ4v) is 3.22. The highest BCUT2D eigenvalue weighted by Crippen LogP contribution is 2.25. The summed E-state index contributed by atoms with van der Waals surface area (Å²) in [7, 11) is 0. The van der Waals surface area contributed by atoms with Crippen molar-refractivity contribution in [1.82, 2.24) is 10.7 Å². The Bertz CT molecular complexity index is 1130. The molecule has 2 N–H and O–H groups in total. The molecule has 1 fully saturated rings. The Morgan fingerprint density at radius 3 is 2.23 bits per heavy atom. The topological polar surface area (TPSA) is 73.8 Å². The Balaban J connectivity index is 1.67. The molecule has 30 heavy (non-hydrogen) atoms. The van der Waals surface area contributed by atoms with Gasteiger partial charge in [-0.1, -0.05) is 64.5 Å². The number of nitrogens with one attached hydrogen (secondary N) is 2. The van der Waals surface area contributed by atoms with E-state index in [1.54, 1.807) is 35.2 Å². The molecule has 1 saturated heterocycles. The van der Waals surface area contributed by atoms with Crippen molar-refractivity contribution in [2.45, 2.75) is 0 Å². The van der Waals surface area contributed by atoms with Crippen molar-refractivity contribution in [3.8, 4) is 0 Å². The van der Waals surface area contributed by atoms with E-state index in [0.29, 0.717) is 11.3 Å². The molecule has 0 bridgehead atoms. The highest BCUT2D eigenvalue weighted by atomic mass is 79.9. The van der Waals surface area contributed by atoms with Gasteiger partial charge in [-0.05, 0) is 48.0 Å². The number of anilines is 1. The number of guanidine groups is 1. The van der Waals surface area contributed by atoms with Crippen LogP contribution >= 0.6 is 15.9 Å². The second-order valence-corrected chi connectivity index (χ2v) is 7.36. The van der Waals surface area contributed by atoms with Gasteiger partial charge in [0.25, 0.3) is 11.8 Å². The summed E-state index contributed by atoms with van der Waals surface area (Å²) in [6.45, 7) is 0. The number of benzene rings is 3. The summed E-state index contributed by atoms with van der Waals surface area (Å²) >= 11 is 3.34. The number of hydrazone groups is 1. The summed E-state index contributed by atoms with van der Waals surface area (Å²) in [6, 6.07) is 25.8. The third-order valence-electron chi connectivity index (χ3n) is 4.40. The number of hydrogen-bond acceptors (Lipinski definition) is 3. The van der Waals surface area contributed by atoms with E-state index in [1.807, 2.05) is 60.7 Å². The molecule has 0 unspecified atom stereocenters. The molecular formula is C23H17BrN4O2. The fraction of sp³-hybridized carbons (Fsp3) is 0. The average Bonchev–Trinajstić information content (AvgIpc) is 3.09. The smallest absolute Gasteiger partial charge is 0.275 e. The Kier molecular flexibility index (Phi) is 5.72. The Labute approximate surface area is 182 Å². The minimum Gasteiger partial charge on any atom is -0.289 e. The molecule has 1 aliphatic heterocycles. The summed E-state index contributed by atoms with van der Waals surface area (Å²) in [4.78, 5) is 26.8. The number of para-hydroxylation sites is 1. The third kappa shape index (κ3) is 4.31. The molecule has 4 rings (SSSR count). The summed E-state index contributed by atoms with van der Waals surface area (Å²) < 4.78 is 0.874. The molecule has 0 aliphatic carbocycles. The van der Waals surface area contributed by atoms with Crippen molar-refractivity contribution in [1.29, 1.82) is 0 Å². The van der Waals surface area contributed by atoms with E-state index in [2.05, 4.69) is 31.8 Å². The van der Waals surface area contributed by atoms with Crippen molar-refractivity contribution in [2.24, 2.45) is 5.10 Å². The van der Waals surface area contributed by atoms with E-state index in [4.69, 9.17) is 0 Å². The van der Waals surface area contributed by atoms with Crippen LogP contribution in [0.1, 0.15) is 15.9 Å². The van der Waals surface area contributed by atoms with Gasteiger partial charge in [0.15, 0.2) is 0 Å². The maximum absolute atomic E-state index is 12.7. The van der Waals surface area contributed by atoms with Gasteiger partial charge in [-0.15, -0.1) is 5.10 Å². The van der Waals surface area contributed by atoms with Crippen LogP contribution in [-0.2, 0) is 4.79 Å². The van der Waals surface area contributed by atoms with Gasteiger partial charge >= 0.3 is 0 Å².